The van der Waals surface area contributed by atoms with Crippen molar-refractivity contribution in [3.8, 4) is 0 Å². The number of rotatable bonds is 5. The summed E-state index contributed by atoms with van der Waals surface area (Å²) in [6, 6.07) is 0.377. The van der Waals surface area contributed by atoms with E-state index < -0.39 is 0 Å². The fourth-order valence-electron chi connectivity index (χ4n) is 2.46. The van der Waals surface area contributed by atoms with Crippen LogP contribution in [0.1, 0.15) is 32.4 Å². The number of nitrogens with one attached hydrogen (secondary N) is 1. The molecule has 0 saturated carbocycles. The Bertz CT molecular complexity index is 474. The van der Waals surface area contributed by atoms with E-state index in [4.69, 9.17) is 4.74 Å². The van der Waals surface area contributed by atoms with E-state index in [2.05, 4.69) is 24.3 Å². The highest BCUT2D eigenvalue weighted by Gasteiger charge is 2.22. The van der Waals surface area contributed by atoms with Crippen molar-refractivity contribution in [1.82, 2.24) is 20.0 Å². The van der Waals surface area contributed by atoms with E-state index in [0.29, 0.717) is 26.2 Å². The SMILES string of the molecule is Cc1cnn([C@H](C)[C@H](C)NCC(=O)N2CCO[C@H](C)C2)c1. The van der Waals surface area contributed by atoms with Gasteiger partial charge in [-0.3, -0.25) is 9.48 Å². The molecule has 21 heavy (non-hydrogen) atoms. The Balaban J connectivity index is 1.80. The Kier molecular flexibility index (Phi) is 5.36. The molecule has 1 aliphatic heterocycles. The third-order valence-electron chi connectivity index (χ3n) is 4.04. The predicted octanol–water partition coefficient (Wildman–Crippen LogP) is 0.978. The summed E-state index contributed by atoms with van der Waals surface area (Å²) < 4.78 is 7.40. The fourth-order valence-corrected chi connectivity index (χ4v) is 2.46. The lowest BCUT2D eigenvalue weighted by molar-refractivity contribution is -0.137. The number of carbonyl (C=O) groups is 1. The van der Waals surface area contributed by atoms with E-state index in [1.54, 1.807) is 0 Å². The molecule has 0 spiro atoms. The molecule has 1 fully saturated rings. The van der Waals surface area contributed by atoms with E-state index in [-0.39, 0.29) is 24.1 Å². The second kappa shape index (κ2) is 7.04. The molecule has 1 aliphatic rings. The maximum absolute atomic E-state index is 12.2. The minimum atomic E-state index is 0.131. The molecule has 1 N–H and O–H groups in total. The molecule has 2 heterocycles. The minimum Gasteiger partial charge on any atom is -0.375 e. The lowest BCUT2D eigenvalue weighted by Crippen LogP contribution is -2.49. The highest BCUT2D eigenvalue weighted by atomic mass is 16.5. The van der Waals surface area contributed by atoms with Gasteiger partial charge in [0.25, 0.3) is 0 Å². The summed E-state index contributed by atoms with van der Waals surface area (Å²) in [5.41, 5.74) is 1.15. The van der Waals surface area contributed by atoms with Crippen molar-refractivity contribution < 1.29 is 9.53 Å². The first-order valence-corrected chi connectivity index (χ1v) is 7.61. The first kappa shape index (κ1) is 16.0. The molecule has 118 valence electrons. The van der Waals surface area contributed by atoms with Gasteiger partial charge in [0.15, 0.2) is 0 Å². The number of carbonyl (C=O) groups excluding carboxylic acids is 1. The van der Waals surface area contributed by atoms with Gasteiger partial charge >= 0.3 is 0 Å². The Hall–Kier alpha value is -1.40. The number of hydrogen-bond acceptors (Lipinski definition) is 4. The molecular formula is C15H26N4O2. The van der Waals surface area contributed by atoms with Crippen LogP contribution in [0.3, 0.4) is 0 Å². The molecule has 0 radical (unpaired) electrons. The number of ether oxygens (including phenoxy) is 1. The van der Waals surface area contributed by atoms with Crippen LogP contribution in [-0.2, 0) is 9.53 Å². The van der Waals surface area contributed by atoms with Crippen LogP contribution in [0.5, 0.6) is 0 Å². The van der Waals surface area contributed by atoms with Gasteiger partial charge < -0.3 is 15.0 Å². The van der Waals surface area contributed by atoms with Crippen LogP contribution in [0.2, 0.25) is 0 Å². The molecule has 0 aromatic carbocycles. The Morgan fingerprint density at radius 3 is 2.95 bits per heavy atom. The van der Waals surface area contributed by atoms with Gasteiger partial charge in [0.05, 0.1) is 31.5 Å². The molecule has 1 aromatic rings. The van der Waals surface area contributed by atoms with Crippen LogP contribution < -0.4 is 5.32 Å². The van der Waals surface area contributed by atoms with E-state index in [0.717, 1.165) is 5.56 Å². The van der Waals surface area contributed by atoms with Gasteiger partial charge in [-0.2, -0.15) is 5.10 Å². The van der Waals surface area contributed by atoms with Gasteiger partial charge in [-0.1, -0.05) is 0 Å². The molecule has 0 bridgehead atoms. The summed E-state index contributed by atoms with van der Waals surface area (Å²) in [6.45, 7) is 10.6. The Morgan fingerprint density at radius 2 is 2.33 bits per heavy atom. The molecule has 1 amide bonds. The molecule has 3 atom stereocenters. The third-order valence-corrected chi connectivity index (χ3v) is 4.04. The highest BCUT2D eigenvalue weighted by Crippen LogP contribution is 2.11. The molecular weight excluding hydrogens is 268 g/mol. The molecule has 0 aliphatic carbocycles. The van der Waals surface area contributed by atoms with E-state index in [9.17, 15) is 4.79 Å². The largest absolute Gasteiger partial charge is 0.375 e. The zero-order valence-corrected chi connectivity index (χ0v) is 13.4. The van der Waals surface area contributed by atoms with Gasteiger partial charge in [-0.15, -0.1) is 0 Å². The summed E-state index contributed by atoms with van der Waals surface area (Å²) in [4.78, 5) is 14.1. The van der Waals surface area contributed by atoms with Crippen LogP contribution in [0, 0.1) is 6.92 Å². The molecule has 1 saturated heterocycles. The van der Waals surface area contributed by atoms with Crippen molar-refractivity contribution >= 4 is 5.91 Å². The summed E-state index contributed by atoms with van der Waals surface area (Å²) in [5, 5.41) is 7.64. The monoisotopic (exact) mass is 294 g/mol. The Labute approximate surface area is 126 Å². The lowest BCUT2D eigenvalue weighted by atomic mass is 10.1. The van der Waals surface area contributed by atoms with Gasteiger partial charge in [-0.05, 0) is 33.3 Å². The van der Waals surface area contributed by atoms with Crippen molar-refractivity contribution in [1.29, 1.82) is 0 Å². The van der Waals surface area contributed by atoms with E-state index in [1.165, 1.54) is 0 Å². The molecule has 6 heteroatoms. The fraction of sp³-hybridized carbons (Fsp3) is 0.733. The maximum atomic E-state index is 12.2. The maximum Gasteiger partial charge on any atom is 0.236 e. The first-order valence-electron chi connectivity index (χ1n) is 7.61. The van der Waals surface area contributed by atoms with Crippen LogP contribution >= 0.6 is 0 Å². The third kappa shape index (κ3) is 4.28. The van der Waals surface area contributed by atoms with Crippen molar-refractivity contribution in [3.63, 3.8) is 0 Å². The van der Waals surface area contributed by atoms with Crippen molar-refractivity contribution in [3.05, 3.63) is 18.0 Å². The molecule has 6 nitrogen and oxygen atoms in total. The lowest BCUT2D eigenvalue weighted by Gasteiger charge is -2.32. The van der Waals surface area contributed by atoms with E-state index in [1.807, 2.05) is 35.8 Å². The average Bonchev–Trinajstić information content (AvgIpc) is 2.90. The average molecular weight is 294 g/mol. The Morgan fingerprint density at radius 1 is 1.57 bits per heavy atom. The second-order valence-corrected chi connectivity index (χ2v) is 5.93. The van der Waals surface area contributed by atoms with Crippen LogP contribution in [-0.4, -0.2) is 59.0 Å². The summed E-state index contributed by atoms with van der Waals surface area (Å²) in [5.74, 6) is 0.140. The van der Waals surface area contributed by atoms with Gasteiger partial charge in [0.2, 0.25) is 5.91 Å². The van der Waals surface area contributed by atoms with Gasteiger partial charge in [0.1, 0.15) is 0 Å². The predicted molar refractivity (Wildman–Crippen MR) is 81.1 cm³/mol. The van der Waals surface area contributed by atoms with Crippen LogP contribution in [0.4, 0.5) is 0 Å². The molecule has 0 unspecified atom stereocenters. The number of amides is 1. The molecule has 1 aromatic heterocycles. The zero-order chi connectivity index (χ0) is 15.4. The minimum absolute atomic E-state index is 0.131. The van der Waals surface area contributed by atoms with Crippen molar-refractivity contribution in [2.24, 2.45) is 0 Å². The van der Waals surface area contributed by atoms with Crippen molar-refractivity contribution in [2.75, 3.05) is 26.2 Å². The zero-order valence-electron chi connectivity index (χ0n) is 13.4. The van der Waals surface area contributed by atoms with Gasteiger partial charge in [-0.25, -0.2) is 0 Å². The van der Waals surface area contributed by atoms with Gasteiger partial charge in [0, 0.05) is 25.3 Å². The first-order chi connectivity index (χ1) is 9.97. The summed E-state index contributed by atoms with van der Waals surface area (Å²) in [6.07, 6.45) is 4.00. The second-order valence-electron chi connectivity index (χ2n) is 5.93. The topological polar surface area (TPSA) is 59.4 Å². The normalized spacial score (nSPS) is 22.1. The number of morpholine rings is 1. The summed E-state index contributed by atoms with van der Waals surface area (Å²) in [7, 11) is 0. The molecule has 2 rings (SSSR count). The van der Waals surface area contributed by atoms with Crippen LogP contribution in [0.15, 0.2) is 12.4 Å². The summed E-state index contributed by atoms with van der Waals surface area (Å²) >= 11 is 0. The highest BCUT2D eigenvalue weighted by molar-refractivity contribution is 5.78. The van der Waals surface area contributed by atoms with Crippen molar-refractivity contribution in [2.45, 2.75) is 45.9 Å². The number of aromatic nitrogens is 2. The van der Waals surface area contributed by atoms with E-state index >= 15 is 0 Å². The smallest absolute Gasteiger partial charge is 0.236 e. The quantitative estimate of drug-likeness (QED) is 0.879. The number of aryl methyl sites for hydroxylation is 1. The number of nitrogens with zero attached hydrogens (tertiary/aromatic N) is 3. The number of hydrogen-bond donors (Lipinski definition) is 1. The standard InChI is InChI=1S/C15H26N4O2/c1-11-7-17-19(9-11)14(4)13(3)16-8-15(20)18-5-6-21-12(2)10-18/h7,9,12-14,16H,5-6,8,10H2,1-4H3/t12-,13+,14-/m1/s1. The van der Waals surface area contributed by atoms with Crippen LogP contribution in [0.25, 0.3) is 0 Å².